The van der Waals surface area contributed by atoms with Crippen molar-refractivity contribution in [3.05, 3.63) is 71.3 Å². The van der Waals surface area contributed by atoms with E-state index in [2.05, 4.69) is 57.1 Å². The predicted octanol–water partition coefficient (Wildman–Crippen LogP) is 2.86. The normalized spacial score (nSPS) is 25.2. The molecule has 3 aliphatic heterocycles. The lowest BCUT2D eigenvalue weighted by Crippen LogP contribution is -2.57. The zero-order chi connectivity index (χ0) is 28.7. The molecule has 0 unspecified atom stereocenters. The fourth-order valence-corrected chi connectivity index (χ4v) is 6.87. The lowest BCUT2D eigenvalue weighted by atomic mass is 9.81. The summed E-state index contributed by atoms with van der Waals surface area (Å²) in [6.45, 7) is 5.44. The van der Waals surface area contributed by atoms with Crippen LogP contribution in [0.3, 0.4) is 0 Å². The number of fused-ring (bicyclic) bond motifs is 2. The van der Waals surface area contributed by atoms with Crippen molar-refractivity contribution < 1.29 is 14.4 Å². The van der Waals surface area contributed by atoms with Gasteiger partial charge >= 0.3 is 0 Å². The fraction of sp³-hybridized carbons (Fsp3) is 0.545. The molecule has 41 heavy (non-hydrogen) atoms. The maximum atomic E-state index is 13.5. The van der Waals surface area contributed by atoms with Crippen molar-refractivity contribution in [3.8, 4) is 0 Å². The monoisotopic (exact) mass is 559 g/mol. The summed E-state index contributed by atoms with van der Waals surface area (Å²) in [5, 5.41) is 9.61. The number of rotatable bonds is 2. The van der Waals surface area contributed by atoms with Crippen molar-refractivity contribution >= 4 is 17.7 Å². The van der Waals surface area contributed by atoms with Crippen LogP contribution in [0.4, 0.5) is 0 Å². The number of benzene rings is 2. The Morgan fingerprint density at radius 3 is 2.32 bits per heavy atom. The van der Waals surface area contributed by atoms with Crippen molar-refractivity contribution in [3.63, 3.8) is 0 Å². The van der Waals surface area contributed by atoms with Gasteiger partial charge in [-0.2, -0.15) is 0 Å². The van der Waals surface area contributed by atoms with Gasteiger partial charge in [0, 0.05) is 52.1 Å². The number of amides is 3. The Morgan fingerprint density at radius 2 is 1.54 bits per heavy atom. The maximum Gasteiger partial charge on any atom is 0.224 e. The molecule has 2 aromatic carbocycles. The molecule has 220 valence electrons. The first-order valence-electron chi connectivity index (χ1n) is 15.2. The van der Waals surface area contributed by atoms with E-state index in [9.17, 15) is 14.4 Å². The molecular weight excluding hydrogens is 514 g/mol. The number of piperidine rings is 2. The molecule has 2 aromatic rings. The number of carbonyl (C=O) groups excluding carboxylic acids is 3. The first-order valence-corrected chi connectivity index (χ1v) is 15.2. The standard InChI is InChI=1S/C33H45N5O3/c1-37-16-12-27-19-30(39)35-22-28-10-6-5-9-26(28)20-31(40)36-33(21-32(41)34-15-11-29(27)24-37)13-17-38(18-14-33)23-25-7-3-2-4-8-25/h2-10,27,29H,11-24H2,1H3,(H,34,41)(H,35,39)(H,36,40)/t27-,29-/m0/s1. The Kier molecular flexibility index (Phi) is 9.72. The van der Waals surface area contributed by atoms with Gasteiger partial charge in [-0.25, -0.2) is 0 Å². The molecule has 5 rings (SSSR count). The van der Waals surface area contributed by atoms with E-state index in [4.69, 9.17) is 0 Å². The molecule has 0 aromatic heterocycles. The van der Waals surface area contributed by atoms with E-state index in [1.54, 1.807) is 0 Å². The van der Waals surface area contributed by atoms with Crippen molar-refractivity contribution in [2.24, 2.45) is 11.8 Å². The van der Waals surface area contributed by atoms with Crippen LogP contribution in [-0.4, -0.2) is 72.8 Å². The number of hydrogen-bond acceptors (Lipinski definition) is 5. The largest absolute Gasteiger partial charge is 0.356 e. The number of nitrogens with one attached hydrogen (secondary N) is 3. The zero-order valence-corrected chi connectivity index (χ0v) is 24.4. The summed E-state index contributed by atoms with van der Waals surface area (Å²) in [5.41, 5.74) is 2.58. The first-order chi connectivity index (χ1) is 19.9. The second kappa shape index (κ2) is 13.6. The van der Waals surface area contributed by atoms with E-state index in [1.165, 1.54) is 5.56 Å². The van der Waals surface area contributed by atoms with Crippen LogP contribution in [0.5, 0.6) is 0 Å². The van der Waals surface area contributed by atoms with Crippen LogP contribution in [0.2, 0.25) is 0 Å². The Hall–Kier alpha value is -3.23. The van der Waals surface area contributed by atoms with Gasteiger partial charge in [0.2, 0.25) is 17.7 Å². The number of carbonyl (C=O) groups is 3. The molecule has 1 spiro atoms. The van der Waals surface area contributed by atoms with E-state index in [0.717, 1.165) is 69.5 Å². The van der Waals surface area contributed by atoms with Gasteiger partial charge < -0.3 is 20.9 Å². The van der Waals surface area contributed by atoms with Crippen LogP contribution in [0, 0.1) is 11.8 Å². The lowest BCUT2D eigenvalue weighted by Gasteiger charge is -2.42. The van der Waals surface area contributed by atoms with E-state index >= 15 is 0 Å². The van der Waals surface area contributed by atoms with Crippen LogP contribution in [-0.2, 0) is 33.9 Å². The average Bonchev–Trinajstić information content (AvgIpc) is 2.95. The third kappa shape index (κ3) is 8.17. The minimum absolute atomic E-state index is 0.00928. The highest BCUT2D eigenvalue weighted by Crippen LogP contribution is 2.30. The minimum atomic E-state index is -0.570. The summed E-state index contributed by atoms with van der Waals surface area (Å²) in [6, 6.07) is 18.3. The van der Waals surface area contributed by atoms with Gasteiger partial charge in [0.05, 0.1) is 12.0 Å². The second-order valence-electron chi connectivity index (χ2n) is 12.4. The highest BCUT2D eigenvalue weighted by atomic mass is 16.2. The third-order valence-corrected chi connectivity index (χ3v) is 9.29. The molecule has 3 aliphatic rings. The Bertz CT molecular complexity index is 1190. The first kappa shape index (κ1) is 29.3. The van der Waals surface area contributed by atoms with Gasteiger partial charge in [0.25, 0.3) is 0 Å². The summed E-state index contributed by atoms with van der Waals surface area (Å²) in [7, 11) is 2.13. The predicted molar refractivity (Wildman–Crippen MR) is 160 cm³/mol. The topological polar surface area (TPSA) is 93.8 Å². The molecule has 0 radical (unpaired) electrons. The van der Waals surface area contributed by atoms with Crippen LogP contribution < -0.4 is 16.0 Å². The molecule has 3 N–H and O–H groups in total. The number of likely N-dealkylation sites (tertiary alicyclic amines) is 2. The van der Waals surface area contributed by atoms with Crippen molar-refractivity contribution in [1.29, 1.82) is 0 Å². The minimum Gasteiger partial charge on any atom is -0.356 e. The van der Waals surface area contributed by atoms with Crippen molar-refractivity contribution in [2.45, 2.75) is 63.6 Å². The van der Waals surface area contributed by atoms with Crippen LogP contribution in [0.25, 0.3) is 0 Å². The molecule has 2 fully saturated rings. The van der Waals surface area contributed by atoms with Crippen LogP contribution >= 0.6 is 0 Å². The van der Waals surface area contributed by atoms with Gasteiger partial charge in [-0.1, -0.05) is 54.6 Å². The fourth-order valence-electron chi connectivity index (χ4n) is 6.87. The Labute approximate surface area is 244 Å². The highest BCUT2D eigenvalue weighted by molar-refractivity contribution is 5.82. The van der Waals surface area contributed by atoms with Crippen LogP contribution in [0.15, 0.2) is 54.6 Å². The molecular formula is C33H45N5O3. The van der Waals surface area contributed by atoms with Gasteiger partial charge in [-0.15, -0.1) is 0 Å². The van der Waals surface area contributed by atoms with E-state index < -0.39 is 5.54 Å². The molecule has 0 bridgehead atoms. The summed E-state index contributed by atoms with van der Waals surface area (Å²) in [6.07, 6.45) is 4.30. The molecule has 8 nitrogen and oxygen atoms in total. The second-order valence-corrected chi connectivity index (χ2v) is 12.4. The third-order valence-electron chi connectivity index (χ3n) is 9.29. The van der Waals surface area contributed by atoms with Gasteiger partial charge in [-0.3, -0.25) is 19.3 Å². The molecule has 2 saturated heterocycles. The zero-order valence-electron chi connectivity index (χ0n) is 24.4. The summed E-state index contributed by atoms with van der Waals surface area (Å²) >= 11 is 0. The molecule has 0 saturated carbocycles. The average molecular weight is 560 g/mol. The lowest BCUT2D eigenvalue weighted by molar-refractivity contribution is -0.127. The highest BCUT2D eigenvalue weighted by Gasteiger charge is 2.38. The Balaban J connectivity index is 1.32. The SMILES string of the molecule is CN1CC[C@H]2CC(=O)NCc3ccccc3CC(=O)NC3(CCN(Cc4ccccc4)CC3)CC(=O)NCC[C@H]2C1. The number of nitrogens with zero attached hydrogens (tertiary/aromatic N) is 2. The molecule has 8 heteroatoms. The van der Waals surface area contributed by atoms with E-state index in [-0.39, 0.29) is 30.6 Å². The molecule has 2 atom stereocenters. The van der Waals surface area contributed by atoms with Gasteiger partial charge in [-0.05, 0) is 67.8 Å². The van der Waals surface area contributed by atoms with Gasteiger partial charge in [0.15, 0.2) is 0 Å². The molecule has 0 aliphatic carbocycles. The van der Waals surface area contributed by atoms with Crippen molar-refractivity contribution in [1.82, 2.24) is 25.8 Å². The van der Waals surface area contributed by atoms with Crippen molar-refractivity contribution in [2.75, 3.05) is 39.8 Å². The summed E-state index contributed by atoms with van der Waals surface area (Å²) in [5.74, 6) is 0.630. The van der Waals surface area contributed by atoms with Gasteiger partial charge in [0.1, 0.15) is 0 Å². The smallest absolute Gasteiger partial charge is 0.224 e. The number of hydrogen-bond donors (Lipinski definition) is 3. The molecule has 3 heterocycles. The van der Waals surface area contributed by atoms with E-state index in [0.29, 0.717) is 31.3 Å². The summed E-state index contributed by atoms with van der Waals surface area (Å²) in [4.78, 5) is 44.5. The summed E-state index contributed by atoms with van der Waals surface area (Å²) < 4.78 is 0. The maximum absolute atomic E-state index is 13.5. The van der Waals surface area contributed by atoms with Crippen LogP contribution in [0.1, 0.15) is 55.2 Å². The van der Waals surface area contributed by atoms with E-state index in [1.807, 2.05) is 30.3 Å². The Morgan fingerprint density at radius 1 is 0.805 bits per heavy atom. The molecule has 3 amide bonds. The quantitative estimate of drug-likeness (QED) is 0.526.